The van der Waals surface area contributed by atoms with Gasteiger partial charge in [-0.15, -0.1) is 12.4 Å². The van der Waals surface area contributed by atoms with E-state index < -0.39 is 0 Å². The Kier molecular flexibility index (Phi) is 6.79. The van der Waals surface area contributed by atoms with Crippen LogP contribution in [0, 0.1) is 0 Å². The number of nitrogens with one attached hydrogen (secondary N) is 1. The normalized spacial score (nSPS) is 18.5. The second-order valence-corrected chi connectivity index (χ2v) is 5.30. The summed E-state index contributed by atoms with van der Waals surface area (Å²) in [5.41, 5.74) is 1.11. The van der Waals surface area contributed by atoms with Crippen molar-refractivity contribution in [1.82, 2.24) is 10.2 Å². The first-order valence-corrected chi connectivity index (χ1v) is 6.78. The van der Waals surface area contributed by atoms with Crippen LogP contribution in [-0.4, -0.2) is 43.7 Å². The van der Waals surface area contributed by atoms with Crippen LogP contribution in [0.1, 0.15) is 5.56 Å². The fourth-order valence-corrected chi connectivity index (χ4v) is 2.18. The van der Waals surface area contributed by atoms with E-state index in [0.29, 0.717) is 19.7 Å². The molecule has 0 bridgehead atoms. The molecule has 1 saturated heterocycles. The summed E-state index contributed by atoms with van der Waals surface area (Å²) in [5, 5.41) is 3.16. The number of benzene rings is 1. The molecule has 1 unspecified atom stereocenters. The Morgan fingerprint density at radius 2 is 2.16 bits per heavy atom. The van der Waals surface area contributed by atoms with E-state index in [0.717, 1.165) is 16.6 Å². The summed E-state index contributed by atoms with van der Waals surface area (Å²) in [7, 11) is 1.81. The Labute approximate surface area is 128 Å². The van der Waals surface area contributed by atoms with Gasteiger partial charge in [-0.25, -0.2) is 0 Å². The maximum absolute atomic E-state index is 12.1. The van der Waals surface area contributed by atoms with Gasteiger partial charge >= 0.3 is 0 Å². The average Bonchev–Trinajstić information content (AvgIpc) is 2.41. The van der Waals surface area contributed by atoms with Gasteiger partial charge in [-0.2, -0.15) is 0 Å². The van der Waals surface area contributed by atoms with Crippen LogP contribution < -0.4 is 5.32 Å². The second kappa shape index (κ2) is 7.85. The van der Waals surface area contributed by atoms with E-state index >= 15 is 0 Å². The van der Waals surface area contributed by atoms with Gasteiger partial charge in [0.15, 0.2) is 0 Å². The molecule has 1 aliphatic rings. The zero-order valence-electron chi connectivity index (χ0n) is 10.8. The van der Waals surface area contributed by atoms with Gasteiger partial charge in [-0.3, -0.25) is 4.79 Å². The Bertz CT molecular complexity index is 408. The lowest BCUT2D eigenvalue weighted by molar-refractivity contribution is -0.144. The van der Waals surface area contributed by atoms with Gasteiger partial charge in [0, 0.05) is 31.2 Å². The second-order valence-electron chi connectivity index (χ2n) is 4.38. The van der Waals surface area contributed by atoms with Crippen LogP contribution in [0.3, 0.4) is 0 Å². The number of rotatable bonds is 3. The summed E-state index contributed by atoms with van der Waals surface area (Å²) in [4.78, 5) is 13.8. The lowest BCUT2D eigenvalue weighted by Crippen LogP contribution is -2.48. The summed E-state index contributed by atoms with van der Waals surface area (Å²) < 4.78 is 6.50. The highest BCUT2D eigenvalue weighted by molar-refractivity contribution is 9.10. The molecule has 106 valence electrons. The molecule has 6 heteroatoms. The number of carbonyl (C=O) groups is 1. The Balaban J connectivity index is 0.00000180. The summed E-state index contributed by atoms with van der Waals surface area (Å²) in [6.45, 7) is 2.62. The van der Waals surface area contributed by atoms with Crippen LogP contribution in [-0.2, 0) is 16.1 Å². The number of halogens is 2. The first kappa shape index (κ1) is 16.4. The smallest absolute Gasteiger partial charge is 0.253 e. The van der Waals surface area contributed by atoms with Crippen molar-refractivity contribution in [3.05, 3.63) is 34.3 Å². The summed E-state index contributed by atoms with van der Waals surface area (Å²) in [6.07, 6.45) is -0.348. The third-order valence-electron chi connectivity index (χ3n) is 2.91. The molecular formula is C13H18BrClN2O2. The molecule has 0 saturated carbocycles. The minimum Gasteiger partial charge on any atom is -0.366 e. The molecule has 0 spiro atoms. The van der Waals surface area contributed by atoms with E-state index in [1.54, 1.807) is 4.90 Å². The fourth-order valence-electron chi connectivity index (χ4n) is 1.91. The van der Waals surface area contributed by atoms with Crippen molar-refractivity contribution in [2.45, 2.75) is 12.6 Å². The molecule has 0 radical (unpaired) electrons. The predicted octanol–water partition coefficient (Wildman–Crippen LogP) is 1.82. The zero-order valence-corrected chi connectivity index (χ0v) is 13.2. The minimum atomic E-state index is -0.348. The maximum Gasteiger partial charge on any atom is 0.253 e. The van der Waals surface area contributed by atoms with E-state index in [-0.39, 0.29) is 24.4 Å². The number of hydrogen-bond donors (Lipinski definition) is 1. The van der Waals surface area contributed by atoms with Crippen molar-refractivity contribution < 1.29 is 9.53 Å². The molecule has 1 aromatic carbocycles. The van der Waals surface area contributed by atoms with Crippen molar-refractivity contribution in [2.24, 2.45) is 0 Å². The van der Waals surface area contributed by atoms with Crippen molar-refractivity contribution >= 4 is 34.2 Å². The Hall–Kier alpha value is -0.620. The highest BCUT2D eigenvalue weighted by Gasteiger charge is 2.24. The van der Waals surface area contributed by atoms with Gasteiger partial charge < -0.3 is 15.0 Å². The predicted molar refractivity (Wildman–Crippen MR) is 80.5 cm³/mol. The van der Waals surface area contributed by atoms with Crippen LogP contribution in [0.5, 0.6) is 0 Å². The topological polar surface area (TPSA) is 41.6 Å². The van der Waals surface area contributed by atoms with Crippen molar-refractivity contribution in [3.8, 4) is 0 Å². The third-order valence-corrected chi connectivity index (χ3v) is 3.44. The van der Waals surface area contributed by atoms with Crippen molar-refractivity contribution in [2.75, 3.05) is 26.7 Å². The number of carbonyl (C=O) groups excluding carboxylic acids is 1. The Morgan fingerprint density at radius 3 is 2.74 bits per heavy atom. The number of morpholine rings is 1. The van der Waals surface area contributed by atoms with Crippen LogP contribution in [0.15, 0.2) is 28.7 Å². The molecule has 2 rings (SSSR count). The number of hydrogen-bond acceptors (Lipinski definition) is 3. The van der Waals surface area contributed by atoms with Crippen molar-refractivity contribution in [1.29, 1.82) is 0 Å². The molecule has 1 amide bonds. The van der Waals surface area contributed by atoms with E-state index in [1.807, 2.05) is 31.3 Å². The molecule has 0 aromatic heterocycles. The first-order valence-electron chi connectivity index (χ1n) is 5.98. The average molecular weight is 350 g/mol. The molecule has 0 aliphatic carbocycles. The molecule has 1 N–H and O–H groups in total. The number of likely N-dealkylation sites (N-methyl/N-ethyl adjacent to an activating group) is 1. The van der Waals surface area contributed by atoms with Crippen LogP contribution in [0.25, 0.3) is 0 Å². The molecule has 1 heterocycles. The van der Waals surface area contributed by atoms with Gasteiger partial charge in [0.25, 0.3) is 5.91 Å². The molecule has 1 atom stereocenters. The third kappa shape index (κ3) is 4.76. The largest absolute Gasteiger partial charge is 0.366 e. The van der Waals surface area contributed by atoms with E-state index in [1.165, 1.54) is 0 Å². The van der Waals surface area contributed by atoms with Gasteiger partial charge in [-0.1, -0.05) is 28.1 Å². The first-order chi connectivity index (χ1) is 8.66. The van der Waals surface area contributed by atoms with Crippen LogP contribution in [0.4, 0.5) is 0 Å². The zero-order chi connectivity index (χ0) is 13.0. The molecule has 1 fully saturated rings. The number of nitrogens with zero attached hydrogens (tertiary/aromatic N) is 1. The Morgan fingerprint density at radius 1 is 1.47 bits per heavy atom. The van der Waals surface area contributed by atoms with Gasteiger partial charge in [0.1, 0.15) is 6.10 Å². The fraction of sp³-hybridized carbons (Fsp3) is 0.462. The maximum atomic E-state index is 12.1. The van der Waals surface area contributed by atoms with Crippen LogP contribution in [0.2, 0.25) is 0 Å². The minimum absolute atomic E-state index is 0. The quantitative estimate of drug-likeness (QED) is 0.905. The van der Waals surface area contributed by atoms with Gasteiger partial charge in [0.2, 0.25) is 0 Å². The van der Waals surface area contributed by atoms with Gasteiger partial charge in [-0.05, 0) is 17.7 Å². The van der Waals surface area contributed by atoms with Gasteiger partial charge in [0.05, 0.1) is 6.61 Å². The van der Waals surface area contributed by atoms with E-state index in [2.05, 4.69) is 21.2 Å². The van der Waals surface area contributed by atoms with E-state index in [4.69, 9.17) is 4.74 Å². The van der Waals surface area contributed by atoms with E-state index in [9.17, 15) is 4.79 Å². The lowest BCUT2D eigenvalue weighted by Gasteiger charge is -2.27. The molecule has 19 heavy (non-hydrogen) atoms. The van der Waals surface area contributed by atoms with Crippen molar-refractivity contribution in [3.63, 3.8) is 0 Å². The summed E-state index contributed by atoms with van der Waals surface area (Å²) >= 11 is 3.39. The molecule has 1 aliphatic heterocycles. The summed E-state index contributed by atoms with van der Waals surface area (Å²) in [5.74, 6) is 0.0325. The molecular weight excluding hydrogens is 332 g/mol. The molecule has 4 nitrogen and oxygen atoms in total. The SMILES string of the molecule is CN(Cc1ccc(Br)cc1)C(=O)C1CNCCO1.Cl. The highest BCUT2D eigenvalue weighted by atomic mass is 79.9. The van der Waals surface area contributed by atoms with Crippen LogP contribution >= 0.6 is 28.3 Å². The molecule has 1 aromatic rings. The number of amides is 1. The summed E-state index contributed by atoms with van der Waals surface area (Å²) in [6, 6.07) is 7.97. The lowest BCUT2D eigenvalue weighted by atomic mass is 10.2. The standard InChI is InChI=1S/C13H17BrN2O2.ClH/c1-16(9-10-2-4-11(14)5-3-10)13(17)12-8-15-6-7-18-12;/h2-5,12,15H,6-9H2,1H3;1H. The number of ether oxygens (including phenoxy) is 1. The monoisotopic (exact) mass is 348 g/mol. The highest BCUT2D eigenvalue weighted by Crippen LogP contribution is 2.12.